The van der Waals surface area contributed by atoms with Gasteiger partial charge >= 0.3 is 6.09 Å². The van der Waals surface area contributed by atoms with Crippen LogP contribution in [0, 0.1) is 0 Å². The summed E-state index contributed by atoms with van der Waals surface area (Å²) in [5.74, 6) is 1.83. The molecule has 0 heterocycles. The van der Waals surface area contributed by atoms with Gasteiger partial charge in [0.15, 0.2) is 11.5 Å². The number of rotatable bonds is 12. The molecule has 0 aliphatic carbocycles. The third kappa shape index (κ3) is 6.32. The third-order valence-electron chi connectivity index (χ3n) is 4.58. The van der Waals surface area contributed by atoms with E-state index < -0.39 is 6.09 Å². The van der Waals surface area contributed by atoms with Gasteiger partial charge in [-0.25, -0.2) is 4.79 Å². The van der Waals surface area contributed by atoms with Crippen molar-refractivity contribution in [3.05, 3.63) is 30.3 Å². The van der Waals surface area contributed by atoms with Gasteiger partial charge in [-0.3, -0.25) is 0 Å². The van der Waals surface area contributed by atoms with Crippen molar-refractivity contribution in [1.82, 2.24) is 5.32 Å². The van der Waals surface area contributed by atoms with Gasteiger partial charge in [0.1, 0.15) is 5.75 Å². The van der Waals surface area contributed by atoms with Crippen LogP contribution in [0.4, 0.5) is 4.79 Å². The molecular weight excluding hydrogens is 354 g/mol. The molecular formula is C23H33NO4. The fraction of sp³-hybridized carbons (Fsp3) is 0.522. The van der Waals surface area contributed by atoms with Gasteiger partial charge < -0.3 is 19.5 Å². The topological polar surface area (TPSA) is 56.8 Å². The van der Waals surface area contributed by atoms with Crippen LogP contribution in [-0.2, 0) is 0 Å². The number of benzene rings is 2. The molecule has 2 aromatic rings. The summed E-state index contributed by atoms with van der Waals surface area (Å²) in [5.41, 5.74) is 0. The molecule has 1 amide bonds. The second-order valence-electron chi connectivity index (χ2n) is 6.85. The summed E-state index contributed by atoms with van der Waals surface area (Å²) < 4.78 is 17.7. The van der Waals surface area contributed by atoms with Gasteiger partial charge in [0.2, 0.25) is 0 Å². The van der Waals surface area contributed by atoms with Crippen molar-refractivity contribution in [3.63, 3.8) is 0 Å². The third-order valence-corrected chi connectivity index (χ3v) is 4.58. The Morgan fingerprint density at radius 1 is 0.857 bits per heavy atom. The molecule has 0 atom stereocenters. The highest BCUT2D eigenvalue weighted by Crippen LogP contribution is 2.42. The largest absolute Gasteiger partial charge is 0.490 e. The minimum Gasteiger partial charge on any atom is -0.490 e. The van der Waals surface area contributed by atoms with E-state index >= 15 is 0 Å². The number of carbonyl (C=O) groups excluding carboxylic acids is 1. The van der Waals surface area contributed by atoms with Crippen LogP contribution in [-0.4, -0.2) is 26.4 Å². The standard InChI is InChI=1S/C23H33NO4/c1-4-6-8-12-16-27-22-19-14-10-9-13-18(19)20(28-23(25)24-3)17-21(22)26-15-11-7-5-2/h9-10,13-14,17H,4-8,11-12,15-16H2,1-3H3,(H,24,25). The molecule has 0 radical (unpaired) electrons. The van der Waals surface area contributed by atoms with Crippen molar-refractivity contribution in [2.45, 2.75) is 58.8 Å². The Hall–Kier alpha value is -2.43. The number of amides is 1. The molecule has 0 spiro atoms. The maximum Gasteiger partial charge on any atom is 0.412 e. The monoisotopic (exact) mass is 387 g/mol. The van der Waals surface area contributed by atoms with Gasteiger partial charge in [0.25, 0.3) is 0 Å². The van der Waals surface area contributed by atoms with Crippen LogP contribution in [0.15, 0.2) is 30.3 Å². The first-order chi connectivity index (χ1) is 13.7. The zero-order chi connectivity index (χ0) is 20.2. The van der Waals surface area contributed by atoms with E-state index in [2.05, 4.69) is 19.2 Å². The van der Waals surface area contributed by atoms with E-state index in [0.717, 1.165) is 48.6 Å². The lowest BCUT2D eigenvalue weighted by Gasteiger charge is -2.18. The molecule has 0 bridgehead atoms. The smallest absolute Gasteiger partial charge is 0.412 e. The number of unbranched alkanes of at least 4 members (excludes halogenated alkanes) is 5. The van der Waals surface area contributed by atoms with Gasteiger partial charge in [-0.2, -0.15) is 0 Å². The molecule has 0 aliphatic rings. The SMILES string of the molecule is CCCCCCOc1c(OCCCCC)cc(OC(=O)NC)c2ccccc12. The molecule has 5 heteroatoms. The molecule has 154 valence electrons. The molecule has 1 N–H and O–H groups in total. The van der Waals surface area contributed by atoms with E-state index in [1.54, 1.807) is 13.1 Å². The Kier molecular flexibility index (Phi) is 9.46. The quantitative estimate of drug-likeness (QED) is 0.448. The summed E-state index contributed by atoms with van der Waals surface area (Å²) in [5, 5.41) is 4.22. The fourth-order valence-corrected chi connectivity index (χ4v) is 3.02. The Morgan fingerprint density at radius 2 is 1.50 bits per heavy atom. The van der Waals surface area contributed by atoms with Crippen molar-refractivity contribution >= 4 is 16.9 Å². The zero-order valence-corrected chi connectivity index (χ0v) is 17.4. The minimum absolute atomic E-state index is 0.471. The maximum atomic E-state index is 11.8. The highest BCUT2D eigenvalue weighted by Gasteiger charge is 2.17. The summed E-state index contributed by atoms with van der Waals surface area (Å²) in [6.07, 6.45) is 7.28. The minimum atomic E-state index is -0.504. The molecule has 0 aliphatic heterocycles. The molecule has 0 fully saturated rings. The summed E-state index contributed by atoms with van der Waals surface area (Å²) in [4.78, 5) is 11.8. The van der Waals surface area contributed by atoms with E-state index in [1.165, 1.54) is 12.8 Å². The van der Waals surface area contributed by atoms with Crippen molar-refractivity contribution in [2.75, 3.05) is 20.3 Å². The van der Waals surface area contributed by atoms with Crippen LogP contribution in [0.25, 0.3) is 10.8 Å². The number of fused-ring (bicyclic) bond motifs is 1. The van der Waals surface area contributed by atoms with Crippen LogP contribution in [0.2, 0.25) is 0 Å². The van der Waals surface area contributed by atoms with Gasteiger partial charge in [0.05, 0.1) is 13.2 Å². The number of hydrogen-bond donors (Lipinski definition) is 1. The molecule has 2 aromatic carbocycles. The maximum absolute atomic E-state index is 11.8. The van der Waals surface area contributed by atoms with Gasteiger partial charge in [-0.05, 0) is 12.8 Å². The van der Waals surface area contributed by atoms with E-state index in [1.807, 2.05) is 24.3 Å². The van der Waals surface area contributed by atoms with Crippen LogP contribution < -0.4 is 19.5 Å². The van der Waals surface area contributed by atoms with Gasteiger partial charge in [-0.1, -0.05) is 70.2 Å². The van der Waals surface area contributed by atoms with Gasteiger partial charge in [-0.15, -0.1) is 0 Å². The first-order valence-corrected chi connectivity index (χ1v) is 10.4. The predicted molar refractivity (Wildman–Crippen MR) is 114 cm³/mol. The van der Waals surface area contributed by atoms with E-state index in [4.69, 9.17) is 14.2 Å². The number of hydrogen-bond acceptors (Lipinski definition) is 4. The summed E-state index contributed by atoms with van der Waals surface area (Å²) in [6, 6.07) is 9.55. The average Bonchev–Trinajstić information content (AvgIpc) is 2.72. The van der Waals surface area contributed by atoms with Crippen molar-refractivity contribution < 1.29 is 19.0 Å². The Labute approximate surface area is 168 Å². The van der Waals surface area contributed by atoms with Crippen molar-refractivity contribution in [1.29, 1.82) is 0 Å². The highest BCUT2D eigenvalue weighted by molar-refractivity contribution is 5.96. The van der Waals surface area contributed by atoms with Gasteiger partial charge in [0, 0.05) is 23.9 Å². The Morgan fingerprint density at radius 3 is 2.21 bits per heavy atom. The molecule has 5 nitrogen and oxygen atoms in total. The van der Waals surface area contributed by atoms with E-state index in [0.29, 0.717) is 24.7 Å². The molecule has 0 saturated carbocycles. The summed E-state index contributed by atoms with van der Waals surface area (Å²) >= 11 is 0. The molecule has 0 saturated heterocycles. The molecule has 2 rings (SSSR count). The molecule has 0 aromatic heterocycles. The fourth-order valence-electron chi connectivity index (χ4n) is 3.02. The molecule has 28 heavy (non-hydrogen) atoms. The number of ether oxygens (including phenoxy) is 3. The van der Waals surface area contributed by atoms with Crippen LogP contribution in [0.1, 0.15) is 58.8 Å². The lowest BCUT2D eigenvalue weighted by molar-refractivity contribution is 0.203. The second kappa shape index (κ2) is 12.1. The summed E-state index contributed by atoms with van der Waals surface area (Å²) in [6.45, 7) is 5.61. The van der Waals surface area contributed by atoms with Crippen LogP contribution >= 0.6 is 0 Å². The molecule has 0 unspecified atom stereocenters. The zero-order valence-electron chi connectivity index (χ0n) is 17.4. The predicted octanol–water partition coefficient (Wildman–Crippen LogP) is 6.09. The Balaban J connectivity index is 2.32. The summed E-state index contributed by atoms with van der Waals surface area (Å²) in [7, 11) is 1.54. The van der Waals surface area contributed by atoms with Crippen LogP contribution in [0.3, 0.4) is 0 Å². The first kappa shape index (κ1) is 21.9. The highest BCUT2D eigenvalue weighted by atomic mass is 16.6. The number of nitrogens with one attached hydrogen (secondary N) is 1. The Bertz CT molecular complexity index is 745. The second-order valence-corrected chi connectivity index (χ2v) is 6.85. The average molecular weight is 388 g/mol. The number of carbonyl (C=O) groups is 1. The van der Waals surface area contributed by atoms with E-state index in [9.17, 15) is 4.79 Å². The van der Waals surface area contributed by atoms with E-state index in [-0.39, 0.29) is 0 Å². The van der Waals surface area contributed by atoms with Crippen molar-refractivity contribution in [3.8, 4) is 17.2 Å². The van der Waals surface area contributed by atoms with Crippen molar-refractivity contribution in [2.24, 2.45) is 0 Å². The van der Waals surface area contributed by atoms with Crippen LogP contribution in [0.5, 0.6) is 17.2 Å². The lowest BCUT2D eigenvalue weighted by Crippen LogP contribution is -2.22. The lowest BCUT2D eigenvalue weighted by atomic mass is 10.1. The first-order valence-electron chi connectivity index (χ1n) is 10.4. The normalized spacial score (nSPS) is 10.7.